The van der Waals surface area contributed by atoms with Crippen molar-refractivity contribution in [3.8, 4) is 5.82 Å². The van der Waals surface area contributed by atoms with Crippen molar-refractivity contribution < 1.29 is 9.21 Å². The molecule has 3 aromatic rings. The van der Waals surface area contributed by atoms with E-state index in [2.05, 4.69) is 25.5 Å². The molecule has 1 aliphatic rings. The highest BCUT2D eigenvalue weighted by Crippen LogP contribution is 2.21. The Balaban J connectivity index is 1.38. The van der Waals surface area contributed by atoms with Gasteiger partial charge >= 0.3 is 0 Å². The Bertz CT molecular complexity index is 1010. The third kappa shape index (κ3) is 4.37. The fourth-order valence-electron chi connectivity index (χ4n) is 3.90. The van der Waals surface area contributed by atoms with Crippen LogP contribution in [-0.2, 0) is 17.8 Å². The van der Waals surface area contributed by atoms with E-state index in [0.29, 0.717) is 25.2 Å². The largest absolute Gasteiger partial charge is 0.465 e. The lowest BCUT2D eigenvalue weighted by molar-refractivity contribution is -0.121. The summed E-state index contributed by atoms with van der Waals surface area (Å²) in [5, 5.41) is 16.3. The molecule has 30 heavy (non-hydrogen) atoms. The number of carbonyl (C=O) groups is 1. The Morgan fingerprint density at radius 1 is 1.07 bits per heavy atom. The molecule has 1 N–H and O–H groups in total. The zero-order valence-corrected chi connectivity index (χ0v) is 17.8. The molecule has 0 aliphatic carbocycles. The minimum absolute atomic E-state index is 0.00893. The molecule has 4 heterocycles. The number of aryl methyl sites for hydroxylation is 2. The predicted octanol–water partition coefficient (Wildman–Crippen LogP) is 3.03. The van der Waals surface area contributed by atoms with E-state index in [1.807, 2.05) is 49.7 Å². The van der Waals surface area contributed by atoms with Crippen LogP contribution in [0, 0.1) is 20.8 Å². The molecule has 0 atom stereocenters. The van der Waals surface area contributed by atoms with Crippen molar-refractivity contribution in [3.63, 3.8) is 0 Å². The lowest BCUT2D eigenvalue weighted by Gasteiger charge is -2.15. The molecule has 8 heteroatoms. The number of nitrogens with one attached hydrogen (secondary N) is 1. The van der Waals surface area contributed by atoms with Gasteiger partial charge in [0.05, 0.1) is 12.2 Å². The van der Waals surface area contributed by atoms with Crippen LogP contribution >= 0.6 is 0 Å². The van der Waals surface area contributed by atoms with Crippen LogP contribution < -0.4 is 10.2 Å². The predicted molar refractivity (Wildman–Crippen MR) is 114 cm³/mol. The molecule has 1 amide bonds. The Morgan fingerprint density at radius 2 is 1.80 bits per heavy atom. The van der Waals surface area contributed by atoms with Crippen molar-refractivity contribution in [3.05, 3.63) is 52.7 Å². The smallest absolute Gasteiger partial charge is 0.220 e. The summed E-state index contributed by atoms with van der Waals surface area (Å²) in [6, 6.07) is 7.74. The highest BCUT2D eigenvalue weighted by atomic mass is 16.3. The second kappa shape index (κ2) is 8.69. The Labute approximate surface area is 176 Å². The van der Waals surface area contributed by atoms with Crippen LogP contribution in [0.4, 0.5) is 5.82 Å². The molecule has 1 fully saturated rings. The fourth-order valence-corrected chi connectivity index (χ4v) is 3.90. The third-order valence-corrected chi connectivity index (χ3v) is 5.58. The van der Waals surface area contributed by atoms with Gasteiger partial charge in [-0.15, -0.1) is 10.2 Å². The van der Waals surface area contributed by atoms with Crippen molar-refractivity contribution in [2.45, 2.75) is 53.0 Å². The Hall–Kier alpha value is -3.16. The third-order valence-electron chi connectivity index (χ3n) is 5.58. The van der Waals surface area contributed by atoms with Gasteiger partial charge in [0.2, 0.25) is 5.91 Å². The van der Waals surface area contributed by atoms with Crippen molar-refractivity contribution in [1.82, 2.24) is 25.3 Å². The van der Waals surface area contributed by atoms with Crippen molar-refractivity contribution >= 4 is 11.7 Å². The number of hydrogen-bond donors (Lipinski definition) is 1. The van der Waals surface area contributed by atoms with E-state index in [1.54, 1.807) is 0 Å². The Morgan fingerprint density at radius 3 is 2.47 bits per heavy atom. The van der Waals surface area contributed by atoms with Gasteiger partial charge in [0, 0.05) is 25.2 Å². The maximum atomic E-state index is 12.3. The maximum Gasteiger partial charge on any atom is 0.220 e. The summed E-state index contributed by atoms with van der Waals surface area (Å²) in [6.45, 7) is 8.35. The number of aromatic nitrogens is 4. The number of anilines is 1. The summed E-state index contributed by atoms with van der Waals surface area (Å²) >= 11 is 0. The molecule has 1 saturated heterocycles. The first-order valence-corrected chi connectivity index (χ1v) is 10.5. The summed E-state index contributed by atoms with van der Waals surface area (Å²) in [7, 11) is 0. The zero-order chi connectivity index (χ0) is 21.1. The molecule has 8 nitrogen and oxygen atoms in total. The van der Waals surface area contributed by atoms with E-state index in [1.165, 1.54) is 12.8 Å². The summed E-state index contributed by atoms with van der Waals surface area (Å²) in [5.74, 6) is 3.21. The second-order valence-corrected chi connectivity index (χ2v) is 7.79. The van der Waals surface area contributed by atoms with Gasteiger partial charge in [-0.1, -0.05) is 0 Å². The fraction of sp³-hybridized carbons (Fsp3) is 0.455. The number of nitrogens with zero attached hydrogens (tertiary/aromatic N) is 5. The molecule has 0 radical (unpaired) electrons. The van der Waals surface area contributed by atoms with Crippen LogP contribution in [-0.4, -0.2) is 39.0 Å². The topological polar surface area (TPSA) is 89.1 Å². The number of rotatable bonds is 7. The number of carbonyl (C=O) groups excluding carboxylic acids is 1. The van der Waals surface area contributed by atoms with Gasteiger partial charge < -0.3 is 14.6 Å². The lowest BCUT2D eigenvalue weighted by atomic mass is 10.1. The quantitative estimate of drug-likeness (QED) is 0.646. The van der Waals surface area contributed by atoms with Gasteiger partial charge in [0.15, 0.2) is 11.6 Å². The number of amides is 1. The van der Waals surface area contributed by atoms with Crippen LogP contribution in [0.15, 0.2) is 28.7 Å². The van der Waals surface area contributed by atoms with Gasteiger partial charge in [-0.3, -0.25) is 4.79 Å². The molecule has 3 aromatic heterocycles. The maximum absolute atomic E-state index is 12.3. The summed E-state index contributed by atoms with van der Waals surface area (Å²) in [4.78, 5) is 14.5. The normalized spacial score (nSPS) is 13.8. The standard InChI is InChI=1S/C22H28N6O2/c1-15-6-7-18(30-15)14-23-22(29)11-8-19-16(2)26-28(17(19)3)21-10-9-20(24-25-21)27-12-4-5-13-27/h6-7,9-10H,4-5,8,11-14H2,1-3H3,(H,23,29). The van der Waals surface area contributed by atoms with E-state index in [-0.39, 0.29) is 5.91 Å². The van der Waals surface area contributed by atoms with Gasteiger partial charge in [0.1, 0.15) is 11.5 Å². The van der Waals surface area contributed by atoms with Crippen LogP contribution in [0.3, 0.4) is 0 Å². The van der Waals surface area contributed by atoms with Crippen LogP contribution in [0.25, 0.3) is 5.82 Å². The summed E-state index contributed by atoms with van der Waals surface area (Å²) < 4.78 is 7.30. The van der Waals surface area contributed by atoms with E-state index >= 15 is 0 Å². The number of hydrogen-bond acceptors (Lipinski definition) is 6. The monoisotopic (exact) mass is 408 g/mol. The first-order chi connectivity index (χ1) is 14.5. The average molecular weight is 409 g/mol. The SMILES string of the molecule is Cc1ccc(CNC(=O)CCc2c(C)nn(-c3ccc(N4CCCC4)nn3)c2C)o1. The van der Waals surface area contributed by atoms with Crippen molar-refractivity contribution in [2.24, 2.45) is 0 Å². The summed E-state index contributed by atoms with van der Waals surface area (Å²) in [5.41, 5.74) is 2.97. The first-order valence-electron chi connectivity index (χ1n) is 10.5. The minimum atomic E-state index is -0.00893. The van der Waals surface area contributed by atoms with Gasteiger partial charge in [0.25, 0.3) is 0 Å². The van der Waals surface area contributed by atoms with E-state index in [0.717, 1.165) is 47.4 Å². The highest BCUT2D eigenvalue weighted by molar-refractivity contribution is 5.76. The first kappa shape index (κ1) is 20.1. The molecule has 1 aliphatic heterocycles. The molecule has 0 aromatic carbocycles. The van der Waals surface area contributed by atoms with E-state index in [9.17, 15) is 4.79 Å². The molecular weight excluding hydrogens is 380 g/mol. The van der Waals surface area contributed by atoms with Crippen molar-refractivity contribution in [1.29, 1.82) is 0 Å². The van der Waals surface area contributed by atoms with E-state index in [4.69, 9.17) is 4.42 Å². The second-order valence-electron chi connectivity index (χ2n) is 7.79. The zero-order valence-electron chi connectivity index (χ0n) is 17.8. The molecule has 4 rings (SSSR count). The number of furan rings is 1. The molecule has 158 valence electrons. The van der Waals surface area contributed by atoms with Crippen LogP contribution in [0.2, 0.25) is 0 Å². The van der Waals surface area contributed by atoms with E-state index < -0.39 is 0 Å². The van der Waals surface area contributed by atoms with Gasteiger partial charge in [-0.05, 0) is 69.9 Å². The molecule has 0 unspecified atom stereocenters. The molecule has 0 saturated carbocycles. The Kier molecular flexibility index (Phi) is 5.83. The van der Waals surface area contributed by atoms with Crippen LogP contribution in [0.5, 0.6) is 0 Å². The molecule has 0 spiro atoms. The molecular formula is C22H28N6O2. The van der Waals surface area contributed by atoms with Crippen molar-refractivity contribution in [2.75, 3.05) is 18.0 Å². The minimum Gasteiger partial charge on any atom is -0.465 e. The van der Waals surface area contributed by atoms with Gasteiger partial charge in [-0.25, -0.2) is 4.68 Å². The van der Waals surface area contributed by atoms with Crippen LogP contribution in [0.1, 0.15) is 47.7 Å². The summed E-state index contributed by atoms with van der Waals surface area (Å²) in [6.07, 6.45) is 3.44. The lowest BCUT2D eigenvalue weighted by Crippen LogP contribution is -2.22. The highest BCUT2D eigenvalue weighted by Gasteiger charge is 2.17. The molecule has 0 bridgehead atoms. The van der Waals surface area contributed by atoms with Gasteiger partial charge in [-0.2, -0.15) is 5.10 Å². The average Bonchev–Trinajstić information content (AvgIpc) is 3.47.